The largest absolute Gasteiger partial charge is 0.292 e. The summed E-state index contributed by atoms with van der Waals surface area (Å²) in [5, 5.41) is 0. The second-order valence-corrected chi connectivity index (χ2v) is 7.06. The summed E-state index contributed by atoms with van der Waals surface area (Å²) < 4.78 is 0. The van der Waals surface area contributed by atoms with Gasteiger partial charge < -0.3 is 0 Å². The van der Waals surface area contributed by atoms with E-state index in [1.54, 1.807) is 0 Å². The summed E-state index contributed by atoms with van der Waals surface area (Å²) >= 11 is 0. The van der Waals surface area contributed by atoms with E-state index in [4.69, 9.17) is 0 Å². The zero-order valence-electron chi connectivity index (χ0n) is 11.8. The summed E-state index contributed by atoms with van der Waals surface area (Å²) in [4.78, 5) is 11.5. The molecule has 1 aromatic heterocycles. The Hall–Kier alpha value is -0.960. The molecule has 1 aromatic rings. The Morgan fingerprint density at radius 1 is 1.28 bits per heavy atom. The zero-order chi connectivity index (χ0) is 13.0. The second kappa shape index (κ2) is 3.77. The normalized spacial score (nSPS) is 35.6. The lowest BCUT2D eigenvalue weighted by Gasteiger charge is -2.37. The van der Waals surface area contributed by atoms with Crippen LogP contribution in [0, 0.1) is 5.41 Å². The Labute approximate surface area is 110 Å². The molecule has 1 aliphatic carbocycles. The van der Waals surface area contributed by atoms with Crippen molar-refractivity contribution in [3.63, 3.8) is 0 Å². The van der Waals surface area contributed by atoms with E-state index in [1.807, 2.05) is 18.5 Å². The Kier molecular flexibility index (Phi) is 2.53. The number of hydrogen-bond donors (Lipinski definition) is 0. The Morgan fingerprint density at radius 2 is 1.94 bits per heavy atom. The lowest BCUT2D eigenvalue weighted by molar-refractivity contribution is 0.104. The van der Waals surface area contributed by atoms with Crippen molar-refractivity contribution in [3.8, 4) is 0 Å². The molecule has 2 fully saturated rings. The summed E-state index contributed by atoms with van der Waals surface area (Å²) in [5.74, 6) is 1.02. The summed E-state index contributed by atoms with van der Waals surface area (Å²) in [5.41, 5.74) is 0.744. The van der Waals surface area contributed by atoms with E-state index in [-0.39, 0.29) is 5.54 Å². The van der Waals surface area contributed by atoms with Crippen molar-refractivity contribution in [2.45, 2.75) is 64.6 Å². The smallest absolute Gasteiger partial charge is 0.128 e. The van der Waals surface area contributed by atoms with Gasteiger partial charge in [0, 0.05) is 36.4 Å². The van der Waals surface area contributed by atoms with E-state index in [0.717, 1.165) is 18.3 Å². The van der Waals surface area contributed by atoms with Crippen LogP contribution in [0.1, 0.15) is 46.4 Å². The van der Waals surface area contributed by atoms with Crippen molar-refractivity contribution in [1.29, 1.82) is 0 Å². The fourth-order valence-electron chi connectivity index (χ4n) is 4.06. The van der Waals surface area contributed by atoms with Gasteiger partial charge in [-0.2, -0.15) is 0 Å². The predicted molar refractivity (Wildman–Crippen MR) is 72.2 cm³/mol. The quantitative estimate of drug-likeness (QED) is 0.802. The molecule has 0 spiro atoms. The van der Waals surface area contributed by atoms with E-state index in [0.29, 0.717) is 11.5 Å². The van der Waals surface area contributed by atoms with Crippen LogP contribution in [0.2, 0.25) is 0 Å². The number of aromatic nitrogens is 2. The van der Waals surface area contributed by atoms with Gasteiger partial charge in [-0.15, -0.1) is 0 Å². The van der Waals surface area contributed by atoms with Crippen molar-refractivity contribution >= 4 is 0 Å². The highest BCUT2D eigenvalue weighted by molar-refractivity contribution is 5.20. The van der Waals surface area contributed by atoms with Gasteiger partial charge in [0.1, 0.15) is 5.82 Å². The summed E-state index contributed by atoms with van der Waals surface area (Å²) in [6.45, 7) is 9.36. The van der Waals surface area contributed by atoms with Crippen molar-refractivity contribution in [1.82, 2.24) is 14.9 Å². The summed E-state index contributed by atoms with van der Waals surface area (Å²) in [7, 11) is 0. The van der Waals surface area contributed by atoms with E-state index in [1.165, 1.54) is 12.8 Å². The number of nitrogens with zero attached hydrogens (tertiary/aromatic N) is 3. The molecule has 0 aromatic carbocycles. The highest BCUT2D eigenvalue weighted by Crippen LogP contribution is 2.62. The first kappa shape index (κ1) is 12.1. The molecule has 2 heterocycles. The molecule has 3 atom stereocenters. The molecule has 3 nitrogen and oxygen atoms in total. The van der Waals surface area contributed by atoms with Gasteiger partial charge in [0.25, 0.3) is 0 Å². The summed E-state index contributed by atoms with van der Waals surface area (Å²) in [6, 6.07) is 3.33. The van der Waals surface area contributed by atoms with Crippen molar-refractivity contribution in [3.05, 3.63) is 24.3 Å². The van der Waals surface area contributed by atoms with Crippen molar-refractivity contribution in [2.24, 2.45) is 5.41 Å². The molecular weight excluding hydrogens is 222 g/mol. The number of piperidine rings is 1. The van der Waals surface area contributed by atoms with Crippen LogP contribution in [0.3, 0.4) is 0 Å². The van der Waals surface area contributed by atoms with E-state index in [9.17, 15) is 0 Å². The Balaban J connectivity index is 1.77. The van der Waals surface area contributed by atoms with Gasteiger partial charge in [-0.05, 0) is 52.0 Å². The van der Waals surface area contributed by atoms with Gasteiger partial charge >= 0.3 is 0 Å². The van der Waals surface area contributed by atoms with Crippen LogP contribution in [-0.2, 0) is 6.42 Å². The fourth-order valence-corrected chi connectivity index (χ4v) is 4.06. The average Bonchev–Trinajstić information content (AvgIpc) is 2.82. The van der Waals surface area contributed by atoms with Crippen LogP contribution < -0.4 is 0 Å². The molecule has 3 rings (SSSR count). The van der Waals surface area contributed by atoms with E-state index < -0.39 is 0 Å². The first-order valence-electron chi connectivity index (χ1n) is 6.97. The standard InChI is InChI=1S/C15H23N3/c1-11-8-15(10-13-16-6-5-7-17-13)9-12(15)18(11)14(2,3)4/h5-7,11-12H,8-10H2,1-4H3/t11-,12-,15+/m1/s1. The second-order valence-electron chi connectivity index (χ2n) is 7.06. The molecule has 2 aliphatic rings. The van der Waals surface area contributed by atoms with Crippen LogP contribution in [0.5, 0.6) is 0 Å². The van der Waals surface area contributed by atoms with E-state index in [2.05, 4.69) is 42.6 Å². The molecule has 98 valence electrons. The minimum absolute atomic E-state index is 0.278. The minimum atomic E-state index is 0.278. The van der Waals surface area contributed by atoms with Crippen LogP contribution in [0.4, 0.5) is 0 Å². The average molecular weight is 245 g/mol. The Morgan fingerprint density at radius 3 is 2.50 bits per heavy atom. The molecule has 18 heavy (non-hydrogen) atoms. The van der Waals surface area contributed by atoms with Gasteiger partial charge in [-0.25, -0.2) is 9.97 Å². The Bertz CT molecular complexity index is 437. The van der Waals surface area contributed by atoms with Gasteiger partial charge in [0.2, 0.25) is 0 Å². The van der Waals surface area contributed by atoms with E-state index >= 15 is 0 Å². The molecule has 1 saturated heterocycles. The van der Waals surface area contributed by atoms with Gasteiger partial charge in [0.15, 0.2) is 0 Å². The lowest BCUT2D eigenvalue weighted by Crippen LogP contribution is -2.45. The van der Waals surface area contributed by atoms with Crippen LogP contribution in [0.25, 0.3) is 0 Å². The van der Waals surface area contributed by atoms with Crippen LogP contribution in [-0.4, -0.2) is 32.5 Å². The number of hydrogen-bond acceptors (Lipinski definition) is 3. The third-order valence-corrected chi connectivity index (χ3v) is 4.56. The monoisotopic (exact) mass is 245 g/mol. The number of rotatable bonds is 2. The molecule has 0 bridgehead atoms. The maximum Gasteiger partial charge on any atom is 0.128 e. The zero-order valence-corrected chi connectivity index (χ0v) is 11.8. The van der Waals surface area contributed by atoms with Gasteiger partial charge in [-0.3, -0.25) is 4.90 Å². The molecule has 1 saturated carbocycles. The number of fused-ring (bicyclic) bond motifs is 1. The van der Waals surface area contributed by atoms with Crippen LogP contribution >= 0.6 is 0 Å². The topological polar surface area (TPSA) is 29.0 Å². The fraction of sp³-hybridized carbons (Fsp3) is 0.733. The maximum absolute atomic E-state index is 4.40. The molecule has 0 N–H and O–H groups in total. The molecular formula is C15H23N3. The molecule has 3 heteroatoms. The first-order chi connectivity index (χ1) is 8.42. The first-order valence-corrected chi connectivity index (χ1v) is 6.97. The van der Waals surface area contributed by atoms with Crippen LogP contribution in [0.15, 0.2) is 18.5 Å². The lowest BCUT2D eigenvalue weighted by atomic mass is 9.95. The third-order valence-electron chi connectivity index (χ3n) is 4.56. The third kappa shape index (κ3) is 1.85. The molecule has 0 unspecified atom stereocenters. The molecule has 0 radical (unpaired) electrons. The van der Waals surface area contributed by atoms with Crippen molar-refractivity contribution in [2.75, 3.05) is 0 Å². The number of likely N-dealkylation sites (tertiary alicyclic amines) is 1. The SMILES string of the molecule is C[C@@H]1C[C@@]2(Cc3ncccn3)C[C@H]2N1C(C)(C)C. The maximum atomic E-state index is 4.40. The predicted octanol–water partition coefficient (Wildman–Crippen LogP) is 2.67. The summed E-state index contributed by atoms with van der Waals surface area (Å²) in [6.07, 6.45) is 7.39. The molecule has 1 aliphatic heterocycles. The van der Waals surface area contributed by atoms with Crippen molar-refractivity contribution < 1.29 is 0 Å². The highest BCUT2D eigenvalue weighted by atomic mass is 15.3. The minimum Gasteiger partial charge on any atom is -0.292 e. The molecule has 0 amide bonds. The highest BCUT2D eigenvalue weighted by Gasteiger charge is 2.65. The van der Waals surface area contributed by atoms with Gasteiger partial charge in [-0.1, -0.05) is 0 Å². The van der Waals surface area contributed by atoms with Gasteiger partial charge in [0.05, 0.1) is 0 Å².